The fourth-order valence-electron chi connectivity index (χ4n) is 7.36. The van der Waals surface area contributed by atoms with Crippen molar-refractivity contribution in [3.8, 4) is 22.3 Å². The van der Waals surface area contributed by atoms with Gasteiger partial charge in [0.05, 0.1) is 0 Å². The Balaban J connectivity index is 1.18. The zero-order chi connectivity index (χ0) is 30.1. The maximum absolute atomic E-state index is 2.52. The van der Waals surface area contributed by atoms with Crippen molar-refractivity contribution in [2.24, 2.45) is 0 Å². The van der Waals surface area contributed by atoms with Gasteiger partial charge in [-0.15, -0.1) is 11.3 Å². The van der Waals surface area contributed by atoms with Crippen LogP contribution in [-0.2, 0) is 0 Å². The van der Waals surface area contributed by atoms with Gasteiger partial charge >= 0.3 is 0 Å². The third kappa shape index (κ3) is 4.12. The van der Waals surface area contributed by atoms with E-state index in [2.05, 4.69) is 170 Å². The summed E-state index contributed by atoms with van der Waals surface area (Å²) < 4.78 is 2.75. The van der Waals surface area contributed by atoms with Crippen LogP contribution in [-0.4, -0.2) is 8.07 Å². The first-order chi connectivity index (χ1) is 22.1. The lowest BCUT2D eigenvalue weighted by Gasteiger charge is -2.27. The van der Waals surface area contributed by atoms with Gasteiger partial charge in [0.2, 0.25) is 0 Å². The predicted molar refractivity (Wildman–Crippen MR) is 199 cm³/mol. The number of hydrogen-bond donors (Lipinski definition) is 0. The van der Waals surface area contributed by atoms with Crippen LogP contribution in [0.5, 0.6) is 0 Å². The molecule has 2 heterocycles. The molecule has 0 atom stereocenters. The molecule has 0 bridgehead atoms. The number of thiophene rings is 1. The Morgan fingerprint density at radius 1 is 0.489 bits per heavy atom. The molecule has 0 fully saturated rings. The highest BCUT2D eigenvalue weighted by Crippen LogP contribution is 2.44. The average molecular weight is 610 g/mol. The topological polar surface area (TPSA) is 3.24 Å². The molecule has 0 saturated heterocycles. The Hall–Kier alpha value is -4.96. The number of anilines is 3. The van der Waals surface area contributed by atoms with Gasteiger partial charge in [-0.3, -0.25) is 0 Å². The third-order valence-electron chi connectivity index (χ3n) is 9.64. The van der Waals surface area contributed by atoms with E-state index >= 15 is 0 Å². The molecule has 0 aliphatic carbocycles. The quantitative estimate of drug-likeness (QED) is 0.179. The molecule has 1 aliphatic rings. The monoisotopic (exact) mass is 609 g/mol. The summed E-state index contributed by atoms with van der Waals surface area (Å²) in [7, 11) is -1.94. The average Bonchev–Trinajstić information content (AvgIpc) is 3.57. The summed E-state index contributed by atoms with van der Waals surface area (Å²) in [5, 5.41) is 8.43. The molecule has 214 valence electrons. The van der Waals surface area contributed by atoms with Crippen LogP contribution in [0.1, 0.15) is 0 Å². The Kier molecular flexibility index (Phi) is 5.89. The van der Waals surface area contributed by atoms with Crippen LogP contribution in [0.2, 0.25) is 13.1 Å². The number of para-hydroxylation sites is 1. The standard InChI is InChI=1S/C42H31NSSi/c1-45(2)39-25-24-38-41(35-14-8-9-15-37(35)44-38)42(39)36-23-22-34(27-40(36)45)43(32-12-4-3-5-13-32)33-20-18-29(19-21-33)31-17-16-28-10-6-7-11-30(28)26-31/h3-27H,1-2H3. The predicted octanol–water partition coefficient (Wildman–Crippen LogP) is 11.1. The van der Waals surface area contributed by atoms with Crippen molar-refractivity contribution >= 4 is 77.8 Å². The Bertz CT molecular complexity index is 2400. The minimum absolute atomic E-state index is 1.16. The highest BCUT2D eigenvalue weighted by atomic mass is 32.1. The van der Waals surface area contributed by atoms with Crippen LogP contribution in [0.3, 0.4) is 0 Å². The molecular formula is C42H31NSSi. The molecule has 0 spiro atoms. The van der Waals surface area contributed by atoms with Crippen molar-refractivity contribution in [2.75, 3.05) is 4.90 Å². The molecule has 0 unspecified atom stereocenters. The van der Waals surface area contributed by atoms with Crippen LogP contribution in [0.4, 0.5) is 17.1 Å². The SMILES string of the molecule is C[Si]1(C)c2cc(N(c3ccccc3)c3ccc(-c4ccc5ccccc5c4)cc3)ccc2-c2c1ccc1sc3ccccc3c21. The van der Waals surface area contributed by atoms with Gasteiger partial charge < -0.3 is 4.90 Å². The molecule has 9 rings (SSSR count). The van der Waals surface area contributed by atoms with Crippen molar-refractivity contribution in [2.45, 2.75) is 13.1 Å². The molecule has 0 amide bonds. The number of benzene rings is 7. The van der Waals surface area contributed by atoms with Gasteiger partial charge in [0.1, 0.15) is 8.07 Å². The fourth-order valence-corrected chi connectivity index (χ4v) is 11.5. The summed E-state index contributed by atoms with van der Waals surface area (Å²) in [6, 6.07) is 56.0. The van der Waals surface area contributed by atoms with E-state index in [9.17, 15) is 0 Å². The summed E-state index contributed by atoms with van der Waals surface area (Å²) in [5.74, 6) is 0. The molecule has 1 nitrogen and oxygen atoms in total. The van der Waals surface area contributed by atoms with Crippen LogP contribution in [0.25, 0.3) is 53.2 Å². The van der Waals surface area contributed by atoms with Crippen molar-refractivity contribution in [1.29, 1.82) is 0 Å². The van der Waals surface area contributed by atoms with Gasteiger partial charge in [-0.1, -0.05) is 110 Å². The number of fused-ring (bicyclic) bond motifs is 8. The second-order valence-corrected chi connectivity index (χ2v) is 18.0. The highest BCUT2D eigenvalue weighted by Gasteiger charge is 2.39. The second kappa shape index (κ2) is 10.0. The number of nitrogens with zero attached hydrogens (tertiary/aromatic N) is 1. The van der Waals surface area contributed by atoms with E-state index in [1.807, 2.05) is 11.3 Å². The Labute approximate surface area is 268 Å². The molecule has 1 aliphatic heterocycles. The first-order valence-corrected chi connectivity index (χ1v) is 19.4. The lowest BCUT2D eigenvalue weighted by atomic mass is 9.99. The van der Waals surface area contributed by atoms with E-state index in [1.165, 1.54) is 64.1 Å². The summed E-state index contributed by atoms with van der Waals surface area (Å²) in [4.78, 5) is 2.41. The van der Waals surface area contributed by atoms with Crippen LogP contribution in [0.15, 0.2) is 152 Å². The fraction of sp³-hybridized carbons (Fsp3) is 0.0476. The van der Waals surface area contributed by atoms with Crippen LogP contribution in [0, 0.1) is 0 Å². The van der Waals surface area contributed by atoms with E-state index in [0.29, 0.717) is 0 Å². The maximum atomic E-state index is 2.52. The van der Waals surface area contributed by atoms with E-state index in [4.69, 9.17) is 0 Å². The molecule has 0 N–H and O–H groups in total. The maximum Gasteiger partial charge on any atom is 0.113 e. The van der Waals surface area contributed by atoms with Crippen LogP contribution >= 0.6 is 11.3 Å². The molecular weight excluding hydrogens is 579 g/mol. The zero-order valence-corrected chi connectivity index (χ0v) is 27.1. The summed E-state index contributed by atoms with van der Waals surface area (Å²) in [5.41, 5.74) is 8.87. The van der Waals surface area contributed by atoms with Gasteiger partial charge in [0.25, 0.3) is 0 Å². The van der Waals surface area contributed by atoms with Gasteiger partial charge in [0.15, 0.2) is 0 Å². The lowest BCUT2D eigenvalue weighted by Crippen LogP contribution is -2.49. The van der Waals surface area contributed by atoms with Gasteiger partial charge in [-0.05, 0) is 98.0 Å². The van der Waals surface area contributed by atoms with Crippen molar-refractivity contribution < 1.29 is 0 Å². The van der Waals surface area contributed by atoms with Gasteiger partial charge in [0, 0.05) is 37.2 Å². The lowest BCUT2D eigenvalue weighted by molar-refractivity contribution is 1.29. The van der Waals surface area contributed by atoms with E-state index < -0.39 is 8.07 Å². The Morgan fingerprint density at radius 2 is 1.18 bits per heavy atom. The van der Waals surface area contributed by atoms with Crippen LogP contribution < -0.4 is 15.3 Å². The van der Waals surface area contributed by atoms with Gasteiger partial charge in [-0.2, -0.15) is 0 Å². The highest BCUT2D eigenvalue weighted by molar-refractivity contribution is 7.26. The third-order valence-corrected chi connectivity index (χ3v) is 14.3. The van der Waals surface area contributed by atoms with E-state index in [-0.39, 0.29) is 0 Å². The summed E-state index contributed by atoms with van der Waals surface area (Å²) in [6.45, 7) is 5.04. The first-order valence-electron chi connectivity index (χ1n) is 15.6. The Morgan fingerprint density at radius 3 is 2.02 bits per heavy atom. The van der Waals surface area contributed by atoms with Crippen molar-refractivity contribution in [1.82, 2.24) is 0 Å². The smallest absolute Gasteiger partial charge is 0.113 e. The van der Waals surface area contributed by atoms with E-state index in [1.54, 1.807) is 5.19 Å². The first kappa shape index (κ1) is 26.4. The second-order valence-electron chi connectivity index (χ2n) is 12.6. The molecule has 3 heteroatoms. The van der Waals surface area contributed by atoms with E-state index in [0.717, 1.165) is 11.4 Å². The minimum Gasteiger partial charge on any atom is -0.311 e. The molecule has 0 saturated carbocycles. The van der Waals surface area contributed by atoms with Gasteiger partial charge in [-0.25, -0.2) is 0 Å². The largest absolute Gasteiger partial charge is 0.311 e. The normalized spacial score (nSPS) is 13.3. The summed E-state index contributed by atoms with van der Waals surface area (Å²) in [6.07, 6.45) is 0. The molecule has 7 aromatic carbocycles. The number of hydrogen-bond acceptors (Lipinski definition) is 2. The minimum atomic E-state index is -1.94. The van der Waals surface area contributed by atoms with Crippen molar-refractivity contribution in [3.05, 3.63) is 152 Å². The zero-order valence-electron chi connectivity index (χ0n) is 25.3. The molecule has 1 aromatic heterocycles. The van der Waals surface area contributed by atoms with Crippen molar-refractivity contribution in [3.63, 3.8) is 0 Å². The molecule has 0 radical (unpaired) electrons. The summed E-state index contributed by atoms with van der Waals surface area (Å²) >= 11 is 1.91. The molecule has 45 heavy (non-hydrogen) atoms. The number of rotatable bonds is 4. The molecule has 8 aromatic rings.